The lowest BCUT2D eigenvalue weighted by Gasteiger charge is -2.33. The van der Waals surface area contributed by atoms with Gasteiger partial charge in [0.15, 0.2) is 0 Å². The molecule has 0 aliphatic carbocycles. The van der Waals surface area contributed by atoms with Crippen LogP contribution in [-0.2, 0) is 14.3 Å². The minimum absolute atomic E-state index is 0.179. The van der Waals surface area contributed by atoms with E-state index >= 15 is 0 Å². The van der Waals surface area contributed by atoms with Crippen molar-refractivity contribution < 1.29 is 23.5 Å². The number of rotatable bonds is 4. The van der Waals surface area contributed by atoms with Crippen LogP contribution in [0.15, 0.2) is 81.2 Å². The molecule has 2 aliphatic heterocycles. The van der Waals surface area contributed by atoms with E-state index in [0.29, 0.717) is 53.8 Å². The van der Waals surface area contributed by atoms with Crippen molar-refractivity contribution in [2.75, 3.05) is 41.0 Å². The number of carbonyl (C=O) groups excluding carboxylic acids is 3. The minimum Gasteiger partial charge on any atom is -0.440 e. The highest BCUT2D eigenvalue weighted by molar-refractivity contribution is 9.10. The number of benzene rings is 2. The van der Waals surface area contributed by atoms with Crippen molar-refractivity contribution in [1.82, 2.24) is 0 Å². The lowest BCUT2D eigenvalue weighted by atomic mass is 10.1. The molecule has 1 aromatic heterocycles. The van der Waals surface area contributed by atoms with E-state index in [1.807, 2.05) is 4.90 Å². The zero-order chi connectivity index (χ0) is 23.7. The molecule has 2 saturated heterocycles. The lowest BCUT2D eigenvalue weighted by Crippen LogP contribution is -2.57. The molecule has 4 amide bonds. The Hall–Kier alpha value is -3.69. The highest BCUT2D eigenvalue weighted by atomic mass is 79.9. The number of ether oxygens (including phenoxy) is 1. The summed E-state index contributed by atoms with van der Waals surface area (Å²) in [6.45, 7) is 2.50. The van der Waals surface area contributed by atoms with Crippen molar-refractivity contribution in [3.63, 3.8) is 0 Å². The third-order valence-electron chi connectivity index (χ3n) is 5.55. The van der Waals surface area contributed by atoms with Crippen molar-refractivity contribution >= 4 is 57.1 Å². The summed E-state index contributed by atoms with van der Waals surface area (Å²) < 4.78 is 12.1. The number of barbiturate groups is 1. The van der Waals surface area contributed by atoms with Crippen LogP contribution in [0.5, 0.6) is 0 Å². The fourth-order valence-corrected chi connectivity index (χ4v) is 4.47. The van der Waals surface area contributed by atoms with Gasteiger partial charge in [0.1, 0.15) is 11.3 Å². The highest BCUT2D eigenvalue weighted by Crippen LogP contribution is 2.34. The SMILES string of the molecule is O=C1C(=Cc2cc(Br)c(N3CCOCC3)o2)C(=O)N(c2ccccc2)C(=O)N1c1ccccc1. The van der Waals surface area contributed by atoms with E-state index < -0.39 is 17.8 Å². The average Bonchev–Trinajstić information content (AvgIpc) is 3.24. The Bertz CT molecular complexity index is 1200. The van der Waals surface area contributed by atoms with E-state index in [0.717, 1.165) is 9.80 Å². The number of carbonyl (C=O) groups is 3. The molecule has 3 heterocycles. The summed E-state index contributed by atoms with van der Waals surface area (Å²) in [5, 5.41) is 0. The molecular formula is C25H20BrN3O5. The van der Waals surface area contributed by atoms with Crippen molar-refractivity contribution in [2.45, 2.75) is 0 Å². The molecule has 8 nitrogen and oxygen atoms in total. The van der Waals surface area contributed by atoms with E-state index in [1.165, 1.54) is 6.08 Å². The van der Waals surface area contributed by atoms with Crippen LogP contribution in [0, 0.1) is 0 Å². The summed E-state index contributed by atoms with van der Waals surface area (Å²) in [7, 11) is 0. The average molecular weight is 522 g/mol. The predicted octanol–water partition coefficient (Wildman–Crippen LogP) is 4.46. The number of amides is 4. The van der Waals surface area contributed by atoms with Gasteiger partial charge in [-0.25, -0.2) is 14.6 Å². The third kappa shape index (κ3) is 4.04. The van der Waals surface area contributed by atoms with E-state index in [1.54, 1.807) is 66.7 Å². The molecule has 9 heteroatoms. The number of anilines is 3. The smallest absolute Gasteiger partial charge is 0.343 e. The molecule has 0 spiro atoms. The second-order valence-electron chi connectivity index (χ2n) is 7.69. The zero-order valence-electron chi connectivity index (χ0n) is 18.0. The van der Waals surface area contributed by atoms with Crippen molar-refractivity contribution in [3.05, 3.63) is 82.5 Å². The monoisotopic (exact) mass is 521 g/mol. The number of para-hydroxylation sites is 2. The number of morpholine rings is 1. The van der Waals surface area contributed by atoms with Crippen LogP contribution in [0.25, 0.3) is 6.08 Å². The fourth-order valence-electron chi connectivity index (χ4n) is 3.91. The molecule has 5 rings (SSSR count). The van der Waals surface area contributed by atoms with Gasteiger partial charge in [0, 0.05) is 19.2 Å². The molecule has 0 unspecified atom stereocenters. The molecule has 172 valence electrons. The number of imide groups is 2. The van der Waals surface area contributed by atoms with Gasteiger partial charge in [-0.15, -0.1) is 0 Å². The summed E-state index contributed by atoms with van der Waals surface area (Å²) in [4.78, 5) is 44.2. The Labute approximate surface area is 204 Å². The molecular weight excluding hydrogens is 502 g/mol. The van der Waals surface area contributed by atoms with Gasteiger partial charge in [-0.05, 0) is 46.3 Å². The number of halogens is 1. The molecule has 0 saturated carbocycles. The summed E-state index contributed by atoms with van der Waals surface area (Å²) >= 11 is 3.50. The van der Waals surface area contributed by atoms with Crippen LogP contribution < -0.4 is 14.7 Å². The van der Waals surface area contributed by atoms with E-state index in [2.05, 4.69) is 15.9 Å². The normalized spacial score (nSPS) is 16.9. The second kappa shape index (κ2) is 9.28. The molecule has 0 N–H and O–H groups in total. The standard InChI is InChI=1S/C25H20BrN3O5/c26-21-16-19(34-24(21)27-11-13-33-14-12-27)15-20-22(30)28(17-7-3-1-4-8-17)25(32)29(23(20)31)18-9-5-2-6-10-18/h1-10,15-16H,11-14H2. The first-order valence-corrected chi connectivity index (χ1v) is 11.5. The van der Waals surface area contributed by atoms with E-state index in [4.69, 9.17) is 9.15 Å². The van der Waals surface area contributed by atoms with Gasteiger partial charge in [0.2, 0.25) is 5.88 Å². The Morgan fingerprint density at radius 3 is 1.85 bits per heavy atom. The summed E-state index contributed by atoms with van der Waals surface area (Å²) in [6.07, 6.45) is 1.39. The Morgan fingerprint density at radius 1 is 0.794 bits per heavy atom. The van der Waals surface area contributed by atoms with Crippen LogP contribution in [0.1, 0.15) is 5.76 Å². The molecule has 2 aromatic carbocycles. The van der Waals surface area contributed by atoms with Crippen molar-refractivity contribution in [1.29, 1.82) is 0 Å². The number of nitrogens with zero attached hydrogens (tertiary/aromatic N) is 3. The van der Waals surface area contributed by atoms with Crippen LogP contribution in [0.2, 0.25) is 0 Å². The minimum atomic E-state index is -0.737. The number of hydrogen-bond acceptors (Lipinski definition) is 6. The maximum absolute atomic E-state index is 13.4. The van der Waals surface area contributed by atoms with Crippen LogP contribution in [-0.4, -0.2) is 44.1 Å². The fraction of sp³-hybridized carbons (Fsp3) is 0.160. The first-order valence-electron chi connectivity index (χ1n) is 10.7. The molecule has 0 bridgehead atoms. The van der Waals surface area contributed by atoms with E-state index in [-0.39, 0.29) is 5.57 Å². The molecule has 0 atom stereocenters. The van der Waals surface area contributed by atoms with Crippen LogP contribution >= 0.6 is 15.9 Å². The van der Waals surface area contributed by atoms with Gasteiger partial charge >= 0.3 is 6.03 Å². The highest BCUT2D eigenvalue weighted by Gasteiger charge is 2.43. The Morgan fingerprint density at radius 2 is 1.32 bits per heavy atom. The zero-order valence-corrected chi connectivity index (χ0v) is 19.6. The number of urea groups is 1. The summed E-state index contributed by atoms with van der Waals surface area (Å²) in [5.41, 5.74) is 0.556. The Kier molecular flexibility index (Phi) is 6.04. The molecule has 2 aliphatic rings. The van der Waals surface area contributed by atoms with Gasteiger partial charge < -0.3 is 14.1 Å². The third-order valence-corrected chi connectivity index (χ3v) is 6.12. The quantitative estimate of drug-likeness (QED) is 0.372. The predicted molar refractivity (Wildman–Crippen MR) is 131 cm³/mol. The van der Waals surface area contributed by atoms with Gasteiger partial charge in [-0.2, -0.15) is 0 Å². The topological polar surface area (TPSA) is 83.3 Å². The lowest BCUT2D eigenvalue weighted by molar-refractivity contribution is -0.121. The maximum Gasteiger partial charge on any atom is 0.343 e. The second-order valence-corrected chi connectivity index (χ2v) is 8.55. The number of hydrogen-bond donors (Lipinski definition) is 0. The molecule has 3 aromatic rings. The first kappa shape index (κ1) is 22.1. The molecule has 0 radical (unpaired) electrons. The maximum atomic E-state index is 13.4. The number of furan rings is 1. The van der Waals surface area contributed by atoms with Crippen molar-refractivity contribution in [2.24, 2.45) is 0 Å². The molecule has 34 heavy (non-hydrogen) atoms. The van der Waals surface area contributed by atoms with E-state index in [9.17, 15) is 14.4 Å². The summed E-state index contributed by atoms with van der Waals surface area (Å²) in [6, 6.07) is 18.0. The van der Waals surface area contributed by atoms with Gasteiger partial charge in [0.25, 0.3) is 11.8 Å². The van der Waals surface area contributed by atoms with Crippen molar-refractivity contribution in [3.8, 4) is 0 Å². The van der Waals surface area contributed by atoms with Crippen LogP contribution in [0.3, 0.4) is 0 Å². The van der Waals surface area contributed by atoms with Gasteiger partial charge in [-0.3, -0.25) is 9.59 Å². The van der Waals surface area contributed by atoms with Gasteiger partial charge in [-0.1, -0.05) is 36.4 Å². The Balaban J connectivity index is 1.58. The molecule has 2 fully saturated rings. The van der Waals surface area contributed by atoms with Crippen LogP contribution in [0.4, 0.5) is 22.1 Å². The van der Waals surface area contributed by atoms with Gasteiger partial charge in [0.05, 0.1) is 29.1 Å². The largest absolute Gasteiger partial charge is 0.440 e. The first-order chi connectivity index (χ1) is 16.5. The summed E-state index contributed by atoms with van der Waals surface area (Å²) in [5.74, 6) is -0.509.